The van der Waals surface area contributed by atoms with Gasteiger partial charge >= 0.3 is 5.97 Å². The Labute approximate surface area is 108 Å². The zero-order chi connectivity index (χ0) is 13.7. The number of ether oxygens (including phenoxy) is 1. The smallest absolute Gasteiger partial charge is 0.327 e. The zero-order valence-corrected chi connectivity index (χ0v) is 11.7. The number of carbonyl (C=O) groups excluding carboxylic acids is 1. The maximum atomic E-state index is 11.8. The van der Waals surface area contributed by atoms with Gasteiger partial charge in [-0.1, -0.05) is 0 Å². The van der Waals surface area contributed by atoms with Crippen molar-refractivity contribution in [1.29, 1.82) is 0 Å². The molecule has 1 N–H and O–H groups in total. The number of hydrogen-bond donors (Lipinski definition) is 1. The average molecular weight is 254 g/mol. The minimum absolute atomic E-state index is 0.287. The first kappa shape index (κ1) is 14.7. The first-order chi connectivity index (χ1) is 8.47. The highest BCUT2D eigenvalue weighted by atomic mass is 16.5. The van der Waals surface area contributed by atoms with Crippen LogP contribution >= 0.6 is 0 Å². The fraction of sp³-hybridized carbons (Fsp3) is 0.667. The third-order valence-electron chi connectivity index (χ3n) is 2.93. The number of likely N-dealkylation sites (N-methyl/N-ethyl adjacent to an activating group) is 1. The molecule has 0 aromatic carbocycles. The second-order valence-electron chi connectivity index (χ2n) is 4.52. The standard InChI is InChI=1S/C12H22N4O2/c1-9-10(8-14-16(9)4)11(12(17)18-5)13-6-7-15(2)3/h8,11,13H,6-7H2,1-5H3. The summed E-state index contributed by atoms with van der Waals surface area (Å²) in [6, 6.07) is -0.455. The summed E-state index contributed by atoms with van der Waals surface area (Å²) in [4.78, 5) is 13.9. The van der Waals surface area contributed by atoms with E-state index in [4.69, 9.17) is 4.74 Å². The second kappa shape index (κ2) is 6.51. The molecule has 0 aliphatic heterocycles. The summed E-state index contributed by atoms with van der Waals surface area (Å²) in [5.74, 6) is -0.287. The highest BCUT2D eigenvalue weighted by molar-refractivity contribution is 5.77. The Kier molecular flexibility index (Phi) is 5.30. The number of aromatic nitrogens is 2. The third kappa shape index (κ3) is 3.54. The second-order valence-corrected chi connectivity index (χ2v) is 4.52. The fourth-order valence-electron chi connectivity index (χ4n) is 1.67. The van der Waals surface area contributed by atoms with Crippen LogP contribution in [0.3, 0.4) is 0 Å². The lowest BCUT2D eigenvalue weighted by molar-refractivity contribution is -0.143. The number of nitrogens with one attached hydrogen (secondary N) is 1. The van der Waals surface area contributed by atoms with Gasteiger partial charge in [-0.05, 0) is 21.0 Å². The van der Waals surface area contributed by atoms with Gasteiger partial charge in [-0.3, -0.25) is 10.00 Å². The van der Waals surface area contributed by atoms with Gasteiger partial charge in [0.05, 0.1) is 13.3 Å². The predicted octanol–water partition coefficient (Wildman–Crippen LogP) is 0.0938. The Morgan fingerprint density at radius 1 is 1.61 bits per heavy atom. The molecular formula is C12H22N4O2. The molecule has 1 unspecified atom stereocenters. The SMILES string of the molecule is COC(=O)C(NCCN(C)C)c1cnn(C)c1C. The molecule has 0 saturated carbocycles. The summed E-state index contributed by atoms with van der Waals surface area (Å²) < 4.78 is 6.59. The van der Waals surface area contributed by atoms with Crippen LogP contribution in [0.15, 0.2) is 6.20 Å². The van der Waals surface area contributed by atoms with Gasteiger partial charge in [0, 0.05) is 31.4 Å². The lowest BCUT2D eigenvalue weighted by atomic mass is 10.1. The molecule has 1 atom stereocenters. The minimum Gasteiger partial charge on any atom is -0.468 e. The quantitative estimate of drug-likeness (QED) is 0.729. The third-order valence-corrected chi connectivity index (χ3v) is 2.93. The van der Waals surface area contributed by atoms with Gasteiger partial charge in [0.1, 0.15) is 6.04 Å². The first-order valence-electron chi connectivity index (χ1n) is 5.91. The van der Waals surface area contributed by atoms with Gasteiger partial charge in [0.2, 0.25) is 0 Å². The largest absolute Gasteiger partial charge is 0.468 e. The molecule has 1 heterocycles. The minimum atomic E-state index is -0.455. The molecule has 1 rings (SSSR count). The van der Waals surface area contributed by atoms with Crippen LogP contribution in [0, 0.1) is 6.92 Å². The van der Waals surface area contributed by atoms with Crippen molar-refractivity contribution in [3.8, 4) is 0 Å². The van der Waals surface area contributed by atoms with E-state index in [9.17, 15) is 4.79 Å². The van der Waals surface area contributed by atoms with Crippen LogP contribution in [0.2, 0.25) is 0 Å². The number of carbonyl (C=O) groups is 1. The Hall–Kier alpha value is -1.40. The summed E-state index contributed by atoms with van der Waals surface area (Å²) in [6.45, 7) is 3.50. The normalized spacial score (nSPS) is 12.8. The summed E-state index contributed by atoms with van der Waals surface area (Å²) >= 11 is 0. The molecule has 1 aromatic heterocycles. The van der Waals surface area contributed by atoms with Crippen LogP contribution in [-0.4, -0.2) is 54.9 Å². The Balaban J connectivity index is 2.79. The number of rotatable bonds is 6. The van der Waals surface area contributed by atoms with E-state index in [1.54, 1.807) is 10.9 Å². The van der Waals surface area contributed by atoms with Gasteiger partial charge in [0.25, 0.3) is 0 Å². The molecule has 102 valence electrons. The Morgan fingerprint density at radius 3 is 2.72 bits per heavy atom. The van der Waals surface area contributed by atoms with Crippen molar-refractivity contribution >= 4 is 5.97 Å². The average Bonchev–Trinajstić information content (AvgIpc) is 2.65. The molecule has 6 heteroatoms. The molecule has 0 aliphatic carbocycles. The molecule has 18 heavy (non-hydrogen) atoms. The number of esters is 1. The van der Waals surface area contributed by atoms with Crippen molar-refractivity contribution in [3.05, 3.63) is 17.5 Å². The summed E-state index contributed by atoms with van der Waals surface area (Å²) in [5, 5.41) is 7.36. The molecule has 0 spiro atoms. The van der Waals surface area contributed by atoms with Crippen molar-refractivity contribution < 1.29 is 9.53 Å². The number of aryl methyl sites for hydroxylation is 1. The lowest BCUT2D eigenvalue weighted by Crippen LogP contribution is -2.34. The van der Waals surface area contributed by atoms with Crippen LogP contribution in [0.1, 0.15) is 17.3 Å². The van der Waals surface area contributed by atoms with Crippen LogP contribution in [-0.2, 0) is 16.6 Å². The molecular weight excluding hydrogens is 232 g/mol. The molecule has 1 aromatic rings. The maximum absolute atomic E-state index is 11.8. The fourth-order valence-corrected chi connectivity index (χ4v) is 1.67. The Bertz CT molecular complexity index is 401. The van der Waals surface area contributed by atoms with E-state index in [0.717, 1.165) is 17.8 Å². The monoisotopic (exact) mass is 254 g/mol. The molecule has 0 radical (unpaired) electrons. The van der Waals surface area contributed by atoms with E-state index >= 15 is 0 Å². The van der Waals surface area contributed by atoms with Crippen molar-refractivity contribution in [2.45, 2.75) is 13.0 Å². The van der Waals surface area contributed by atoms with E-state index in [1.165, 1.54) is 7.11 Å². The van der Waals surface area contributed by atoms with Gasteiger partial charge in [-0.2, -0.15) is 5.10 Å². The zero-order valence-electron chi connectivity index (χ0n) is 11.7. The predicted molar refractivity (Wildman–Crippen MR) is 69.3 cm³/mol. The van der Waals surface area contributed by atoms with Crippen LogP contribution in [0.5, 0.6) is 0 Å². The van der Waals surface area contributed by atoms with E-state index < -0.39 is 6.04 Å². The van der Waals surface area contributed by atoms with Crippen LogP contribution in [0.4, 0.5) is 0 Å². The molecule has 6 nitrogen and oxygen atoms in total. The molecule has 0 aliphatic rings. The molecule has 0 bridgehead atoms. The Morgan fingerprint density at radius 2 is 2.28 bits per heavy atom. The molecule has 0 fully saturated rings. The van der Waals surface area contributed by atoms with E-state index in [-0.39, 0.29) is 5.97 Å². The first-order valence-corrected chi connectivity index (χ1v) is 5.91. The highest BCUT2D eigenvalue weighted by Crippen LogP contribution is 2.17. The van der Waals surface area contributed by atoms with E-state index in [2.05, 4.69) is 15.3 Å². The van der Waals surface area contributed by atoms with Gasteiger partial charge in [-0.15, -0.1) is 0 Å². The van der Waals surface area contributed by atoms with Gasteiger partial charge in [0.15, 0.2) is 0 Å². The molecule has 0 amide bonds. The van der Waals surface area contributed by atoms with Crippen molar-refractivity contribution in [1.82, 2.24) is 20.0 Å². The van der Waals surface area contributed by atoms with Crippen molar-refractivity contribution in [2.24, 2.45) is 7.05 Å². The van der Waals surface area contributed by atoms with Gasteiger partial charge in [-0.25, -0.2) is 4.79 Å². The summed E-state index contributed by atoms with van der Waals surface area (Å²) in [6.07, 6.45) is 1.71. The van der Waals surface area contributed by atoms with E-state index in [0.29, 0.717) is 6.54 Å². The number of nitrogens with zero attached hydrogens (tertiary/aromatic N) is 3. The van der Waals surface area contributed by atoms with Crippen molar-refractivity contribution in [2.75, 3.05) is 34.3 Å². The maximum Gasteiger partial charge on any atom is 0.327 e. The van der Waals surface area contributed by atoms with E-state index in [1.807, 2.05) is 28.1 Å². The highest BCUT2D eigenvalue weighted by Gasteiger charge is 2.24. The number of methoxy groups -OCH3 is 1. The van der Waals surface area contributed by atoms with Crippen LogP contribution in [0.25, 0.3) is 0 Å². The summed E-state index contributed by atoms with van der Waals surface area (Å²) in [5.41, 5.74) is 1.82. The molecule has 0 saturated heterocycles. The topological polar surface area (TPSA) is 59.4 Å². The number of hydrogen-bond acceptors (Lipinski definition) is 5. The van der Waals surface area contributed by atoms with Crippen molar-refractivity contribution in [3.63, 3.8) is 0 Å². The van der Waals surface area contributed by atoms with Gasteiger partial charge < -0.3 is 9.64 Å². The summed E-state index contributed by atoms with van der Waals surface area (Å²) in [7, 11) is 7.23. The lowest BCUT2D eigenvalue weighted by Gasteiger charge is -2.18. The van der Waals surface area contributed by atoms with Crippen LogP contribution < -0.4 is 5.32 Å².